The van der Waals surface area contributed by atoms with Crippen LogP contribution in [0.15, 0.2) is 18.5 Å². The predicted octanol–water partition coefficient (Wildman–Crippen LogP) is 0.587. The summed E-state index contributed by atoms with van der Waals surface area (Å²) in [5, 5.41) is 3.20. The Morgan fingerprint density at radius 3 is 3.07 bits per heavy atom. The van der Waals surface area contributed by atoms with Gasteiger partial charge in [-0.2, -0.15) is 0 Å². The van der Waals surface area contributed by atoms with Crippen LogP contribution in [0.25, 0.3) is 0 Å². The zero-order valence-electron chi connectivity index (χ0n) is 8.29. The number of rotatable bonds is 2. The highest BCUT2D eigenvalue weighted by molar-refractivity contribution is 5.94. The standard InChI is InChI=1S/C10H15N3O/c1-13(9-3-5-12-7-9)10(14)8-2-4-11-6-8/h3,5,7-8,11-12H,2,4,6H2,1H3. The Bertz CT molecular complexity index is 301. The lowest BCUT2D eigenvalue weighted by atomic mass is 10.1. The number of amides is 1. The van der Waals surface area contributed by atoms with E-state index in [0.29, 0.717) is 0 Å². The first kappa shape index (κ1) is 9.27. The molecule has 1 saturated heterocycles. The van der Waals surface area contributed by atoms with Crippen LogP contribution >= 0.6 is 0 Å². The second-order valence-electron chi connectivity index (χ2n) is 3.66. The number of nitrogens with one attached hydrogen (secondary N) is 2. The van der Waals surface area contributed by atoms with E-state index in [0.717, 1.165) is 25.2 Å². The number of hydrogen-bond acceptors (Lipinski definition) is 2. The van der Waals surface area contributed by atoms with Crippen LogP contribution < -0.4 is 10.2 Å². The van der Waals surface area contributed by atoms with E-state index in [1.54, 1.807) is 4.90 Å². The van der Waals surface area contributed by atoms with Crippen LogP contribution in [-0.2, 0) is 4.79 Å². The molecule has 0 spiro atoms. The van der Waals surface area contributed by atoms with E-state index in [1.807, 2.05) is 25.5 Å². The molecule has 1 unspecified atom stereocenters. The van der Waals surface area contributed by atoms with E-state index < -0.39 is 0 Å². The van der Waals surface area contributed by atoms with E-state index in [-0.39, 0.29) is 11.8 Å². The summed E-state index contributed by atoms with van der Waals surface area (Å²) in [7, 11) is 1.82. The van der Waals surface area contributed by atoms with Gasteiger partial charge in [-0.25, -0.2) is 0 Å². The summed E-state index contributed by atoms with van der Waals surface area (Å²) < 4.78 is 0. The SMILES string of the molecule is CN(C(=O)C1CCNC1)c1cc[nH]c1. The third-order valence-electron chi connectivity index (χ3n) is 2.71. The molecule has 1 aliphatic rings. The fraction of sp³-hybridized carbons (Fsp3) is 0.500. The maximum absolute atomic E-state index is 11.9. The van der Waals surface area contributed by atoms with Crippen LogP contribution in [0, 0.1) is 5.92 Å². The normalized spacial score (nSPS) is 21.1. The van der Waals surface area contributed by atoms with Crippen molar-refractivity contribution in [1.29, 1.82) is 0 Å². The topological polar surface area (TPSA) is 48.1 Å². The Labute approximate surface area is 83.3 Å². The molecule has 2 heterocycles. The number of hydrogen-bond donors (Lipinski definition) is 2. The Kier molecular flexibility index (Phi) is 2.54. The van der Waals surface area contributed by atoms with Gasteiger partial charge in [0.1, 0.15) is 0 Å². The zero-order chi connectivity index (χ0) is 9.97. The van der Waals surface area contributed by atoms with Crippen LogP contribution in [-0.4, -0.2) is 31.0 Å². The van der Waals surface area contributed by atoms with Gasteiger partial charge in [-0.1, -0.05) is 0 Å². The molecule has 76 valence electrons. The van der Waals surface area contributed by atoms with Gasteiger partial charge in [-0.15, -0.1) is 0 Å². The molecule has 0 aliphatic carbocycles. The lowest BCUT2D eigenvalue weighted by Gasteiger charge is -2.18. The molecule has 14 heavy (non-hydrogen) atoms. The van der Waals surface area contributed by atoms with Gasteiger partial charge >= 0.3 is 0 Å². The summed E-state index contributed by atoms with van der Waals surface area (Å²) in [6.07, 6.45) is 4.61. The van der Waals surface area contributed by atoms with Gasteiger partial charge in [0.25, 0.3) is 0 Å². The van der Waals surface area contributed by atoms with Crippen molar-refractivity contribution in [2.24, 2.45) is 5.92 Å². The summed E-state index contributed by atoms with van der Waals surface area (Å²) in [5.41, 5.74) is 0.932. The van der Waals surface area contributed by atoms with Crippen molar-refractivity contribution in [1.82, 2.24) is 10.3 Å². The number of carbonyl (C=O) groups excluding carboxylic acids is 1. The summed E-state index contributed by atoms with van der Waals surface area (Å²) in [5.74, 6) is 0.351. The third kappa shape index (κ3) is 1.65. The first-order valence-corrected chi connectivity index (χ1v) is 4.90. The van der Waals surface area contributed by atoms with Crippen LogP contribution in [0.2, 0.25) is 0 Å². The van der Waals surface area contributed by atoms with Crippen molar-refractivity contribution in [3.05, 3.63) is 18.5 Å². The van der Waals surface area contributed by atoms with Gasteiger partial charge in [0.05, 0.1) is 11.6 Å². The molecule has 0 aromatic carbocycles. The van der Waals surface area contributed by atoms with Crippen LogP contribution in [0.1, 0.15) is 6.42 Å². The van der Waals surface area contributed by atoms with Crippen molar-refractivity contribution in [3.8, 4) is 0 Å². The highest BCUT2D eigenvalue weighted by Crippen LogP contribution is 2.16. The molecular formula is C10H15N3O. The average molecular weight is 193 g/mol. The van der Waals surface area contributed by atoms with Gasteiger partial charge in [-0.3, -0.25) is 4.79 Å². The monoisotopic (exact) mass is 193 g/mol. The van der Waals surface area contributed by atoms with Crippen molar-refractivity contribution < 1.29 is 4.79 Å². The average Bonchev–Trinajstić information content (AvgIpc) is 2.87. The van der Waals surface area contributed by atoms with Crippen molar-refractivity contribution in [3.63, 3.8) is 0 Å². The quantitative estimate of drug-likeness (QED) is 0.722. The molecule has 2 rings (SSSR count). The van der Waals surface area contributed by atoms with Crippen molar-refractivity contribution in [2.45, 2.75) is 6.42 Å². The molecule has 4 heteroatoms. The van der Waals surface area contributed by atoms with E-state index in [2.05, 4.69) is 10.3 Å². The highest BCUT2D eigenvalue weighted by atomic mass is 16.2. The number of nitrogens with zero attached hydrogens (tertiary/aromatic N) is 1. The largest absolute Gasteiger partial charge is 0.366 e. The van der Waals surface area contributed by atoms with Gasteiger partial charge < -0.3 is 15.2 Å². The smallest absolute Gasteiger partial charge is 0.231 e. The Balaban J connectivity index is 2.04. The molecule has 1 amide bonds. The van der Waals surface area contributed by atoms with Crippen LogP contribution in [0.3, 0.4) is 0 Å². The van der Waals surface area contributed by atoms with E-state index in [4.69, 9.17) is 0 Å². The van der Waals surface area contributed by atoms with Gasteiger partial charge in [0.2, 0.25) is 5.91 Å². The Morgan fingerprint density at radius 1 is 1.64 bits per heavy atom. The molecule has 0 bridgehead atoms. The molecule has 1 aliphatic heterocycles. The van der Waals surface area contributed by atoms with Gasteiger partial charge in [0, 0.05) is 26.0 Å². The van der Waals surface area contributed by atoms with Crippen molar-refractivity contribution in [2.75, 3.05) is 25.0 Å². The summed E-state index contributed by atoms with van der Waals surface area (Å²) in [6.45, 7) is 1.77. The minimum Gasteiger partial charge on any atom is -0.366 e. The number of H-pyrrole nitrogens is 1. The fourth-order valence-corrected chi connectivity index (χ4v) is 1.79. The molecular weight excluding hydrogens is 178 g/mol. The Morgan fingerprint density at radius 2 is 2.50 bits per heavy atom. The highest BCUT2D eigenvalue weighted by Gasteiger charge is 2.25. The summed E-state index contributed by atoms with van der Waals surface area (Å²) in [6, 6.07) is 1.90. The van der Waals surface area contributed by atoms with Crippen LogP contribution in [0.5, 0.6) is 0 Å². The first-order valence-electron chi connectivity index (χ1n) is 4.90. The minimum absolute atomic E-state index is 0.148. The summed E-state index contributed by atoms with van der Waals surface area (Å²) >= 11 is 0. The number of anilines is 1. The number of aromatic amines is 1. The minimum atomic E-state index is 0.148. The molecule has 4 nitrogen and oxygen atoms in total. The van der Waals surface area contributed by atoms with Gasteiger partial charge in [-0.05, 0) is 19.0 Å². The van der Waals surface area contributed by atoms with Crippen LogP contribution in [0.4, 0.5) is 5.69 Å². The van der Waals surface area contributed by atoms with E-state index in [9.17, 15) is 4.79 Å². The lowest BCUT2D eigenvalue weighted by Crippen LogP contribution is -2.33. The second kappa shape index (κ2) is 3.84. The van der Waals surface area contributed by atoms with E-state index in [1.165, 1.54) is 0 Å². The fourth-order valence-electron chi connectivity index (χ4n) is 1.79. The summed E-state index contributed by atoms with van der Waals surface area (Å²) in [4.78, 5) is 16.6. The third-order valence-corrected chi connectivity index (χ3v) is 2.71. The first-order chi connectivity index (χ1) is 6.79. The van der Waals surface area contributed by atoms with Gasteiger partial charge in [0.15, 0.2) is 0 Å². The molecule has 0 saturated carbocycles. The molecule has 2 N–H and O–H groups in total. The molecule has 1 fully saturated rings. The molecule has 1 atom stereocenters. The lowest BCUT2D eigenvalue weighted by molar-refractivity contribution is -0.121. The molecule has 1 aromatic rings. The Hall–Kier alpha value is -1.29. The maximum Gasteiger partial charge on any atom is 0.231 e. The predicted molar refractivity (Wildman–Crippen MR) is 55.2 cm³/mol. The zero-order valence-corrected chi connectivity index (χ0v) is 8.29. The number of carbonyl (C=O) groups is 1. The number of aromatic nitrogens is 1. The molecule has 0 radical (unpaired) electrons. The maximum atomic E-state index is 11.9. The second-order valence-corrected chi connectivity index (χ2v) is 3.66. The van der Waals surface area contributed by atoms with Crippen molar-refractivity contribution >= 4 is 11.6 Å². The molecule has 1 aromatic heterocycles. The van der Waals surface area contributed by atoms with E-state index >= 15 is 0 Å².